The first kappa shape index (κ1) is 29.1. The lowest BCUT2D eigenvalue weighted by molar-refractivity contribution is -0.142. The van der Waals surface area contributed by atoms with E-state index in [1.807, 2.05) is 13.8 Å². The summed E-state index contributed by atoms with van der Waals surface area (Å²) in [6.45, 7) is 6.62. The van der Waals surface area contributed by atoms with Gasteiger partial charge in [-0.15, -0.1) is 0 Å². The van der Waals surface area contributed by atoms with Crippen LogP contribution in [0.1, 0.15) is 47.0 Å². The third-order valence-corrected chi connectivity index (χ3v) is 4.47. The molecule has 13 heteroatoms. The molecule has 0 aliphatic heterocycles. The molecule has 0 bridgehead atoms. The highest BCUT2D eigenvalue weighted by Crippen LogP contribution is 2.07. The minimum atomic E-state index is -1.23. The Labute approximate surface area is 187 Å². The molecule has 0 spiro atoms. The topological polar surface area (TPSA) is 235 Å². The van der Waals surface area contributed by atoms with Gasteiger partial charge in [0, 0.05) is 6.54 Å². The van der Waals surface area contributed by atoms with E-state index in [-0.39, 0.29) is 31.3 Å². The van der Waals surface area contributed by atoms with Gasteiger partial charge < -0.3 is 43.4 Å². The SMILES string of the molecule is CC(C)C[C@H](NC(=O)[C@H](C)NC(=O)[C@@H](N)[C@@H](C)O)C(=O)N[C@@H](CCCN=C(N)N)C(=O)O. The largest absolute Gasteiger partial charge is 0.480 e. The number of nitrogens with one attached hydrogen (secondary N) is 3. The lowest BCUT2D eigenvalue weighted by Crippen LogP contribution is -2.57. The van der Waals surface area contributed by atoms with Crippen LogP contribution in [0.5, 0.6) is 0 Å². The number of carbonyl (C=O) groups excluding carboxylic acids is 3. The molecule has 0 aromatic rings. The van der Waals surface area contributed by atoms with Crippen LogP contribution in [-0.4, -0.2) is 76.7 Å². The first-order valence-corrected chi connectivity index (χ1v) is 10.4. The van der Waals surface area contributed by atoms with Gasteiger partial charge in [-0.25, -0.2) is 4.79 Å². The van der Waals surface area contributed by atoms with E-state index in [1.165, 1.54) is 13.8 Å². The Kier molecular flexibility index (Phi) is 12.9. The van der Waals surface area contributed by atoms with Crippen molar-refractivity contribution in [2.24, 2.45) is 28.1 Å². The molecule has 0 aliphatic carbocycles. The molecule has 0 aliphatic rings. The van der Waals surface area contributed by atoms with Crippen LogP contribution >= 0.6 is 0 Å². The number of guanidine groups is 1. The van der Waals surface area contributed by atoms with Crippen molar-refractivity contribution in [2.75, 3.05) is 6.54 Å². The Morgan fingerprint density at radius 3 is 1.94 bits per heavy atom. The first-order chi connectivity index (χ1) is 14.8. The van der Waals surface area contributed by atoms with Gasteiger partial charge in [0.05, 0.1) is 6.10 Å². The van der Waals surface area contributed by atoms with Gasteiger partial charge in [0.2, 0.25) is 17.7 Å². The summed E-state index contributed by atoms with van der Waals surface area (Å²) in [4.78, 5) is 52.4. The minimum Gasteiger partial charge on any atom is -0.480 e. The summed E-state index contributed by atoms with van der Waals surface area (Å²) in [6.07, 6.45) is -0.455. The number of rotatable bonds is 14. The van der Waals surface area contributed by atoms with Crippen LogP contribution < -0.4 is 33.2 Å². The first-order valence-electron chi connectivity index (χ1n) is 10.4. The smallest absolute Gasteiger partial charge is 0.326 e. The molecule has 0 rings (SSSR count). The molecule has 0 heterocycles. The van der Waals surface area contributed by atoms with Gasteiger partial charge in [-0.1, -0.05) is 13.8 Å². The van der Waals surface area contributed by atoms with Gasteiger partial charge in [0.25, 0.3) is 0 Å². The summed E-state index contributed by atoms with van der Waals surface area (Å²) in [5.74, 6) is -3.39. The maximum Gasteiger partial charge on any atom is 0.326 e. The van der Waals surface area contributed by atoms with Crippen molar-refractivity contribution in [2.45, 2.75) is 77.2 Å². The fraction of sp³-hybridized carbons (Fsp3) is 0.737. The molecular formula is C19H37N7O6. The number of carboxylic acid groups (broad SMARTS) is 1. The standard InChI is InChI=1S/C19H37N7O6/c1-9(2)8-13(26-15(28)10(3)24-17(30)14(20)11(4)27)16(29)25-12(18(31)32)6-5-7-23-19(21)22/h9-14,27H,5-8,20H2,1-4H3,(H,24,30)(H,25,29)(H,26,28)(H,31,32)(H4,21,22,23)/t10-,11+,12-,13-,14-/m0/s1. The number of carbonyl (C=O) groups is 4. The molecule has 11 N–H and O–H groups in total. The lowest BCUT2D eigenvalue weighted by Gasteiger charge is -2.25. The molecule has 32 heavy (non-hydrogen) atoms. The molecular weight excluding hydrogens is 422 g/mol. The van der Waals surface area contributed by atoms with Crippen molar-refractivity contribution in [1.82, 2.24) is 16.0 Å². The van der Waals surface area contributed by atoms with E-state index in [0.29, 0.717) is 6.42 Å². The summed E-state index contributed by atoms with van der Waals surface area (Å²) >= 11 is 0. The normalized spacial score (nSPS) is 15.6. The molecule has 5 atom stereocenters. The van der Waals surface area contributed by atoms with Crippen molar-refractivity contribution in [3.8, 4) is 0 Å². The number of aliphatic carboxylic acids is 1. The second-order valence-corrected chi connectivity index (χ2v) is 8.04. The zero-order valence-corrected chi connectivity index (χ0v) is 19.0. The van der Waals surface area contributed by atoms with Crippen molar-refractivity contribution in [3.05, 3.63) is 0 Å². The number of nitrogens with two attached hydrogens (primary N) is 3. The third kappa shape index (κ3) is 11.5. The van der Waals surface area contributed by atoms with Crippen LogP contribution in [0.15, 0.2) is 4.99 Å². The quantitative estimate of drug-likeness (QED) is 0.0768. The van der Waals surface area contributed by atoms with Gasteiger partial charge in [-0.2, -0.15) is 0 Å². The van der Waals surface area contributed by atoms with Gasteiger partial charge >= 0.3 is 5.97 Å². The lowest BCUT2D eigenvalue weighted by atomic mass is 10.0. The predicted molar refractivity (Wildman–Crippen MR) is 118 cm³/mol. The number of hydrogen-bond acceptors (Lipinski definition) is 7. The van der Waals surface area contributed by atoms with Gasteiger partial charge in [0.1, 0.15) is 24.2 Å². The average Bonchev–Trinajstić information content (AvgIpc) is 2.67. The second-order valence-electron chi connectivity index (χ2n) is 8.04. The summed E-state index contributed by atoms with van der Waals surface area (Å²) in [5.41, 5.74) is 16.0. The number of hydrogen-bond donors (Lipinski definition) is 8. The molecule has 0 radical (unpaired) electrons. The number of amides is 3. The molecule has 0 saturated heterocycles. The van der Waals surface area contributed by atoms with E-state index < -0.39 is 54.0 Å². The monoisotopic (exact) mass is 459 g/mol. The van der Waals surface area contributed by atoms with Crippen molar-refractivity contribution in [3.63, 3.8) is 0 Å². The van der Waals surface area contributed by atoms with E-state index in [1.54, 1.807) is 0 Å². The molecule has 0 unspecified atom stereocenters. The van der Waals surface area contributed by atoms with Gasteiger partial charge in [-0.05, 0) is 39.0 Å². The highest BCUT2D eigenvalue weighted by Gasteiger charge is 2.29. The van der Waals surface area contributed by atoms with Crippen molar-refractivity contribution < 1.29 is 29.4 Å². The Bertz CT molecular complexity index is 679. The zero-order chi connectivity index (χ0) is 25.0. The van der Waals surface area contributed by atoms with Gasteiger partial charge in [0.15, 0.2) is 5.96 Å². The number of aliphatic imine (C=N–C) groups is 1. The minimum absolute atomic E-state index is 0.00440. The van der Waals surface area contributed by atoms with E-state index in [2.05, 4.69) is 20.9 Å². The molecule has 0 aromatic carbocycles. The number of nitrogens with zero attached hydrogens (tertiary/aromatic N) is 1. The Morgan fingerprint density at radius 1 is 0.906 bits per heavy atom. The van der Waals surface area contributed by atoms with Crippen LogP contribution in [-0.2, 0) is 19.2 Å². The molecule has 13 nitrogen and oxygen atoms in total. The van der Waals surface area contributed by atoms with E-state index in [4.69, 9.17) is 17.2 Å². The maximum atomic E-state index is 12.7. The summed E-state index contributed by atoms with van der Waals surface area (Å²) in [7, 11) is 0. The average molecular weight is 460 g/mol. The second kappa shape index (κ2) is 14.2. The summed E-state index contributed by atoms with van der Waals surface area (Å²) in [5, 5.41) is 26.1. The van der Waals surface area contributed by atoms with E-state index in [0.717, 1.165) is 0 Å². The van der Waals surface area contributed by atoms with Crippen LogP contribution in [0.3, 0.4) is 0 Å². The van der Waals surface area contributed by atoms with Crippen LogP contribution in [0.4, 0.5) is 0 Å². The number of carboxylic acids is 1. The summed E-state index contributed by atoms with van der Waals surface area (Å²) in [6, 6.07) is -4.46. The molecule has 0 aromatic heterocycles. The van der Waals surface area contributed by atoms with Crippen molar-refractivity contribution >= 4 is 29.7 Å². The molecule has 184 valence electrons. The number of aliphatic hydroxyl groups excluding tert-OH is 1. The van der Waals surface area contributed by atoms with E-state index in [9.17, 15) is 29.4 Å². The summed E-state index contributed by atoms with van der Waals surface area (Å²) < 4.78 is 0. The molecule has 0 fully saturated rings. The predicted octanol–water partition coefficient (Wildman–Crippen LogP) is -2.65. The van der Waals surface area contributed by atoms with E-state index >= 15 is 0 Å². The third-order valence-electron chi connectivity index (χ3n) is 4.47. The molecule has 0 saturated carbocycles. The highest BCUT2D eigenvalue weighted by atomic mass is 16.4. The molecule has 3 amide bonds. The zero-order valence-electron chi connectivity index (χ0n) is 19.0. The highest BCUT2D eigenvalue weighted by molar-refractivity contribution is 5.94. The Balaban J connectivity index is 5.11. The Morgan fingerprint density at radius 2 is 1.47 bits per heavy atom. The van der Waals surface area contributed by atoms with Crippen LogP contribution in [0, 0.1) is 5.92 Å². The Hall–Kier alpha value is -2.93. The van der Waals surface area contributed by atoms with Crippen LogP contribution in [0.25, 0.3) is 0 Å². The van der Waals surface area contributed by atoms with Crippen molar-refractivity contribution in [1.29, 1.82) is 0 Å². The fourth-order valence-corrected chi connectivity index (χ4v) is 2.63. The van der Waals surface area contributed by atoms with Crippen LogP contribution in [0.2, 0.25) is 0 Å². The fourth-order valence-electron chi connectivity index (χ4n) is 2.63. The maximum absolute atomic E-state index is 12.7. The van der Waals surface area contributed by atoms with Gasteiger partial charge in [-0.3, -0.25) is 19.4 Å². The number of aliphatic hydroxyl groups is 1.